The molecule has 0 fully saturated rings. The van der Waals surface area contributed by atoms with Crippen molar-refractivity contribution in [3.8, 4) is 0 Å². The molecule has 2 amide bonds. The number of anilines is 2. The highest BCUT2D eigenvalue weighted by molar-refractivity contribution is 6.05. The molecular weight excluding hydrogens is 380 g/mol. The number of para-hydroxylation sites is 2. The number of nitrogen functional groups attached to an aromatic ring is 1. The van der Waals surface area contributed by atoms with E-state index in [-0.39, 0.29) is 12.5 Å². The number of hydrogen-bond donors (Lipinski definition) is 3. The molecule has 0 saturated carbocycles. The lowest BCUT2D eigenvalue weighted by atomic mass is 10.1. The topological polar surface area (TPSA) is 106 Å². The molecule has 0 saturated heterocycles. The molecule has 3 aromatic rings. The highest BCUT2D eigenvalue weighted by Crippen LogP contribution is 2.18. The molecule has 4 N–H and O–H groups in total. The van der Waals surface area contributed by atoms with Gasteiger partial charge in [-0.25, -0.2) is 4.79 Å². The Hall–Kier alpha value is -3.87. The highest BCUT2D eigenvalue weighted by atomic mass is 16.5. The third-order valence-corrected chi connectivity index (χ3v) is 3.95. The molecule has 3 rings (SSSR count). The summed E-state index contributed by atoms with van der Waals surface area (Å²) in [6.07, 6.45) is 2.77. The van der Waals surface area contributed by atoms with Gasteiger partial charge in [0.2, 0.25) is 0 Å². The second-order valence-electron chi connectivity index (χ2n) is 6.03. The van der Waals surface area contributed by atoms with Crippen molar-refractivity contribution in [2.45, 2.75) is 27.0 Å². The van der Waals surface area contributed by atoms with E-state index in [4.69, 9.17) is 10.5 Å². The van der Waals surface area contributed by atoms with Gasteiger partial charge < -0.3 is 21.1 Å². The van der Waals surface area contributed by atoms with Crippen molar-refractivity contribution in [2.24, 2.45) is 0 Å². The Kier molecular flexibility index (Phi) is 8.86. The second-order valence-corrected chi connectivity index (χ2v) is 6.03. The van der Waals surface area contributed by atoms with Crippen LogP contribution in [0.2, 0.25) is 0 Å². The maximum absolute atomic E-state index is 12.3. The summed E-state index contributed by atoms with van der Waals surface area (Å²) in [5.41, 5.74) is 9.04. The van der Waals surface area contributed by atoms with Crippen LogP contribution in [-0.2, 0) is 17.9 Å². The molecule has 7 heteroatoms. The van der Waals surface area contributed by atoms with Crippen LogP contribution in [-0.4, -0.2) is 17.0 Å². The summed E-state index contributed by atoms with van der Waals surface area (Å²) in [6.45, 7) is 4.45. The molecule has 1 aromatic heterocycles. The number of nitrogens with one attached hydrogen (secondary N) is 2. The molecule has 0 unspecified atom stereocenters. The van der Waals surface area contributed by atoms with Gasteiger partial charge in [-0.15, -0.1) is 0 Å². The number of ether oxygens (including phenoxy) is 1. The van der Waals surface area contributed by atoms with E-state index in [2.05, 4.69) is 15.6 Å². The van der Waals surface area contributed by atoms with Crippen LogP contribution >= 0.6 is 0 Å². The molecule has 1 heterocycles. The minimum Gasteiger partial charge on any atom is -0.445 e. The first kappa shape index (κ1) is 22.4. The Bertz CT molecular complexity index is 944. The van der Waals surface area contributed by atoms with Crippen LogP contribution in [0.3, 0.4) is 0 Å². The molecule has 0 atom stereocenters. The first-order chi connectivity index (χ1) is 14.6. The van der Waals surface area contributed by atoms with E-state index < -0.39 is 6.09 Å². The van der Waals surface area contributed by atoms with Crippen LogP contribution in [0.4, 0.5) is 16.2 Å². The zero-order valence-corrected chi connectivity index (χ0v) is 17.1. The predicted octanol–water partition coefficient (Wildman–Crippen LogP) is 4.37. The molecule has 0 aliphatic heterocycles. The summed E-state index contributed by atoms with van der Waals surface area (Å²) in [4.78, 5) is 28.0. The van der Waals surface area contributed by atoms with Gasteiger partial charge in [0.05, 0.1) is 11.4 Å². The number of nitrogens with two attached hydrogens (primary N) is 1. The van der Waals surface area contributed by atoms with Crippen molar-refractivity contribution in [3.05, 3.63) is 89.7 Å². The van der Waals surface area contributed by atoms with Gasteiger partial charge in [0, 0.05) is 30.1 Å². The van der Waals surface area contributed by atoms with E-state index in [9.17, 15) is 9.59 Å². The summed E-state index contributed by atoms with van der Waals surface area (Å²) in [7, 11) is 0. The van der Waals surface area contributed by atoms with Crippen LogP contribution in [0.15, 0.2) is 73.1 Å². The van der Waals surface area contributed by atoms with Crippen molar-refractivity contribution in [1.29, 1.82) is 0 Å². The van der Waals surface area contributed by atoms with Crippen LogP contribution in [0.25, 0.3) is 0 Å². The number of carbonyl (C=O) groups is 2. The minimum absolute atomic E-state index is 0.154. The summed E-state index contributed by atoms with van der Waals surface area (Å²) < 4.78 is 5.12. The van der Waals surface area contributed by atoms with Crippen LogP contribution in [0.1, 0.15) is 35.3 Å². The number of alkyl carbamates (subject to hydrolysis) is 1. The SMILES string of the molecule is CC.Nc1ccccc1NC(=O)c1ccc(CNC(=O)OCc2cccnc2)cc1. The number of aromatic nitrogens is 1. The molecule has 0 bridgehead atoms. The van der Waals surface area contributed by atoms with E-state index >= 15 is 0 Å². The smallest absolute Gasteiger partial charge is 0.407 e. The molecule has 0 spiro atoms. The molecule has 0 aliphatic rings. The number of pyridine rings is 1. The van der Waals surface area contributed by atoms with E-state index in [1.807, 2.05) is 19.9 Å². The Morgan fingerprint density at radius 1 is 0.967 bits per heavy atom. The Morgan fingerprint density at radius 2 is 1.70 bits per heavy atom. The summed E-state index contributed by atoms with van der Waals surface area (Å²) in [5, 5.41) is 5.44. The fraction of sp³-hybridized carbons (Fsp3) is 0.174. The minimum atomic E-state index is -0.523. The van der Waals surface area contributed by atoms with Crippen LogP contribution < -0.4 is 16.4 Å². The Morgan fingerprint density at radius 3 is 2.37 bits per heavy atom. The zero-order valence-electron chi connectivity index (χ0n) is 17.1. The van der Waals surface area contributed by atoms with Crippen molar-refractivity contribution >= 4 is 23.4 Å². The number of benzene rings is 2. The lowest BCUT2D eigenvalue weighted by Crippen LogP contribution is -2.23. The van der Waals surface area contributed by atoms with Crippen LogP contribution in [0, 0.1) is 0 Å². The summed E-state index contributed by atoms with van der Waals surface area (Å²) in [5.74, 6) is -0.256. The van der Waals surface area contributed by atoms with Crippen molar-refractivity contribution < 1.29 is 14.3 Å². The van der Waals surface area contributed by atoms with Gasteiger partial charge in [0.15, 0.2) is 0 Å². The molecule has 0 radical (unpaired) electrons. The molecule has 30 heavy (non-hydrogen) atoms. The van der Waals surface area contributed by atoms with Gasteiger partial charge in [0.1, 0.15) is 6.61 Å². The quantitative estimate of drug-likeness (QED) is 0.527. The van der Waals surface area contributed by atoms with E-state index in [0.29, 0.717) is 23.5 Å². The molecule has 0 aliphatic carbocycles. The normalized spacial score (nSPS) is 9.67. The van der Waals surface area contributed by atoms with E-state index in [1.54, 1.807) is 67.0 Å². The van der Waals surface area contributed by atoms with Gasteiger partial charge >= 0.3 is 6.09 Å². The number of carbonyl (C=O) groups excluding carboxylic acids is 2. The number of rotatable bonds is 6. The Labute approximate surface area is 176 Å². The average Bonchev–Trinajstić information content (AvgIpc) is 2.80. The maximum atomic E-state index is 12.3. The van der Waals surface area contributed by atoms with E-state index in [1.165, 1.54) is 0 Å². The fourth-order valence-corrected chi connectivity index (χ4v) is 2.44. The van der Waals surface area contributed by atoms with Gasteiger partial charge in [-0.05, 0) is 35.9 Å². The summed E-state index contributed by atoms with van der Waals surface area (Å²) >= 11 is 0. The predicted molar refractivity (Wildman–Crippen MR) is 118 cm³/mol. The standard InChI is InChI=1S/C21H20N4O3.C2H6/c22-18-5-1-2-6-19(18)25-20(26)17-9-7-15(8-10-17)13-24-21(27)28-14-16-4-3-11-23-12-16;1-2/h1-12H,13-14,22H2,(H,24,27)(H,25,26);1-2H3. The molecule has 2 aromatic carbocycles. The van der Waals surface area contributed by atoms with Crippen molar-refractivity contribution in [2.75, 3.05) is 11.1 Å². The third-order valence-electron chi connectivity index (χ3n) is 3.95. The Balaban J connectivity index is 0.00000155. The zero-order chi connectivity index (χ0) is 21.8. The van der Waals surface area contributed by atoms with Crippen LogP contribution in [0.5, 0.6) is 0 Å². The molecular formula is C23H26N4O3. The highest BCUT2D eigenvalue weighted by Gasteiger charge is 2.08. The molecule has 156 valence electrons. The summed E-state index contributed by atoms with van der Waals surface area (Å²) in [6, 6.07) is 17.6. The number of nitrogens with zero attached hydrogens (tertiary/aromatic N) is 1. The fourth-order valence-electron chi connectivity index (χ4n) is 2.44. The van der Waals surface area contributed by atoms with Gasteiger partial charge in [-0.2, -0.15) is 0 Å². The third kappa shape index (κ3) is 6.94. The van der Waals surface area contributed by atoms with Gasteiger partial charge in [-0.3, -0.25) is 9.78 Å². The van der Waals surface area contributed by atoms with E-state index in [0.717, 1.165) is 11.1 Å². The van der Waals surface area contributed by atoms with Gasteiger partial charge in [-0.1, -0.05) is 44.2 Å². The lowest BCUT2D eigenvalue weighted by molar-refractivity contribution is 0.102. The second kappa shape index (κ2) is 11.9. The first-order valence-electron chi connectivity index (χ1n) is 9.66. The number of hydrogen-bond acceptors (Lipinski definition) is 5. The first-order valence-corrected chi connectivity index (χ1v) is 9.66. The average molecular weight is 406 g/mol. The van der Waals surface area contributed by atoms with Crippen molar-refractivity contribution in [1.82, 2.24) is 10.3 Å². The molecule has 7 nitrogen and oxygen atoms in total. The largest absolute Gasteiger partial charge is 0.445 e. The van der Waals surface area contributed by atoms with Crippen molar-refractivity contribution in [3.63, 3.8) is 0 Å². The number of amides is 2. The lowest BCUT2D eigenvalue weighted by Gasteiger charge is -2.09. The monoisotopic (exact) mass is 406 g/mol. The van der Waals surface area contributed by atoms with Gasteiger partial charge in [0.25, 0.3) is 5.91 Å². The maximum Gasteiger partial charge on any atom is 0.407 e.